The molecule has 2 heterocycles. The summed E-state index contributed by atoms with van der Waals surface area (Å²) >= 11 is 7.45. The number of nitrogens with zero attached hydrogens (tertiary/aromatic N) is 2. The maximum absolute atomic E-state index is 13.9. The van der Waals surface area contributed by atoms with E-state index in [4.69, 9.17) is 16.6 Å². The van der Waals surface area contributed by atoms with Crippen LogP contribution in [-0.2, 0) is 4.79 Å². The molecular formula is C20H19ClFN3OS. The van der Waals surface area contributed by atoms with Gasteiger partial charge in [0.15, 0.2) is 0 Å². The fourth-order valence-corrected chi connectivity index (χ4v) is 4.75. The van der Waals surface area contributed by atoms with Crippen LogP contribution in [0.5, 0.6) is 0 Å². The minimum Gasteiger partial charge on any atom is -0.322 e. The number of benzene rings is 2. The lowest BCUT2D eigenvalue weighted by Crippen LogP contribution is -2.39. The van der Waals surface area contributed by atoms with E-state index in [9.17, 15) is 9.18 Å². The third-order valence-electron chi connectivity index (χ3n) is 4.76. The molecule has 1 amide bonds. The monoisotopic (exact) mass is 403 g/mol. The molecule has 4 rings (SSSR count). The van der Waals surface area contributed by atoms with E-state index in [2.05, 4.69) is 16.3 Å². The van der Waals surface area contributed by atoms with Crippen molar-refractivity contribution in [3.8, 4) is 0 Å². The summed E-state index contributed by atoms with van der Waals surface area (Å²) in [5.74, 6) is -0.763. The topological polar surface area (TPSA) is 45.2 Å². The lowest BCUT2D eigenvalue weighted by molar-refractivity contribution is -0.118. The fourth-order valence-electron chi connectivity index (χ4n) is 3.46. The van der Waals surface area contributed by atoms with E-state index in [-0.39, 0.29) is 24.2 Å². The number of aromatic nitrogens is 1. The van der Waals surface area contributed by atoms with E-state index in [0.29, 0.717) is 5.02 Å². The molecule has 0 bridgehead atoms. The second-order valence-electron chi connectivity index (χ2n) is 6.67. The van der Waals surface area contributed by atoms with Gasteiger partial charge in [-0.25, -0.2) is 9.37 Å². The van der Waals surface area contributed by atoms with Crippen LogP contribution in [0.2, 0.25) is 5.02 Å². The molecule has 3 aromatic rings. The molecule has 1 N–H and O–H groups in total. The van der Waals surface area contributed by atoms with Crippen molar-refractivity contribution in [1.82, 2.24) is 9.88 Å². The molecule has 140 valence electrons. The number of piperidine rings is 1. The number of carbonyl (C=O) groups excluding carboxylic acids is 1. The van der Waals surface area contributed by atoms with Gasteiger partial charge in [0.05, 0.1) is 28.5 Å². The molecule has 0 saturated carbocycles. The first-order chi connectivity index (χ1) is 13.1. The zero-order valence-electron chi connectivity index (χ0n) is 14.6. The van der Waals surface area contributed by atoms with Gasteiger partial charge in [0.2, 0.25) is 5.91 Å². The molecular weight excluding hydrogens is 385 g/mol. The highest BCUT2D eigenvalue weighted by Gasteiger charge is 2.28. The second kappa shape index (κ2) is 7.92. The standard InChI is InChI=1S/C20H19ClFN3OS/c21-13-8-9-15(14(22)11-13)23-19(26)12-25-10-4-3-6-17(25)20-24-16-5-1-2-7-18(16)27-20/h1-2,5,7-9,11,17H,3-4,6,10,12H2,(H,23,26)/t17-/m1/s1. The number of anilines is 1. The number of hydrogen-bond acceptors (Lipinski definition) is 4. The van der Waals surface area contributed by atoms with Gasteiger partial charge in [0.25, 0.3) is 0 Å². The molecule has 1 aliphatic rings. The fraction of sp³-hybridized carbons (Fsp3) is 0.300. The van der Waals surface area contributed by atoms with Gasteiger partial charge in [0.1, 0.15) is 10.8 Å². The van der Waals surface area contributed by atoms with E-state index < -0.39 is 5.82 Å². The highest BCUT2D eigenvalue weighted by molar-refractivity contribution is 7.18. The van der Waals surface area contributed by atoms with Crippen LogP contribution in [0.4, 0.5) is 10.1 Å². The molecule has 1 saturated heterocycles. The summed E-state index contributed by atoms with van der Waals surface area (Å²) in [6, 6.07) is 12.4. The summed E-state index contributed by atoms with van der Waals surface area (Å²) in [5.41, 5.74) is 1.15. The van der Waals surface area contributed by atoms with Crippen LogP contribution in [0.15, 0.2) is 42.5 Å². The van der Waals surface area contributed by atoms with E-state index >= 15 is 0 Å². The van der Waals surface area contributed by atoms with Crippen molar-refractivity contribution in [2.24, 2.45) is 0 Å². The zero-order chi connectivity index (χ0) is 18.8. The number of carbonyl (C=O) groups is 1. The van der Waals surface area contributed by atoms with Gasteiger partial charge in [-0.15, -0.1) is 11.3 Å². The number of nitrogens with one attached hydrogen (secondary N) is 1. The number of thiazole rings is 1. The van der Waals surface area contributed by atoms with Crippen molar-refractivity contribution in [3.05, 3.63) is 58.3 Å². The smallest absolute Gasteiger partial charge is 0.238 e. The summed E-state index contributed by atoms with van der Waals surface area (Å²) in [6.07, 6.45) is 3.14. The van der Waals surface area contributed by atoms with E-state index in [1.807, 2.05) is 18.2 Å². The number of likely N-dealkylation sites (tertiary alicyclic amines) is 1. The van der Waals surface area contributed by atoms with Crippen molar-refractivity contribution in [2.45, 2.75) is 25.3 Å². The molecule has 2 aromatic carbocycles. The normalized spacial score (nSPS) is 17.9. The third-order valence-corrected chi connectivity index (χ3v) is 6.13. The number of fused-ring (bicyclic) bond motifs is 1. The third kappa shape index (κ3) is 4.13. The average molecular weight is 404 g/mol. The second-order valence-corrected chi connectivity index (χ2v) is 8.17. The van der Waals surface area contributed by atoms with Gasteiger partial charge in [-0.1, -0.05) is 30.2 Å². The first-order valence-corrected chi connectivity index (χ1v) is 10.1. The molecule has 1 aromatic heterocycles. The van der Waals surface area contributed by atoms with Crippen LogP contribution < -0.4 is 5.32 Å². The molecule has 4 nitrogen and oxygen atoms in total. The molecule has 1 aliphatic heterocycles. The van der Waals surface area contributed by atoms with E-state index in [1.54, 1.807) is 17.4 Å². The Kier molecular flexibility index (Phi) is 5.38. The summed E-state index contributed by atoms with van der Waals surface area (Å²) in [4.78, 5) is 19.4. The number of amides is 1. The molecule has 0 radical (unpaired) electrons. The maximum Gasteiger partial charge on any atom is 0.238 e. The Labute approximate surface area is 166 Å². The minimum absolute atomic E-state index is 0.122. The molecule has 27 heavy (non-hydrogen) atoms. The molecule has 0 spiro atoms. The number of para-hydroxylation sites is 1. The summed E-state index contributed by atoms with van der Waals surface area (Å²) in [7, 11) is 0. The van der Waals surface area contributed by atoms with Gasteiger partial charge in [-0.2, -0.15) is 0 Å². The maximum atomic E-state index is 13.9. The Hall–Kier alpha value is -2.02. The highest BCUT2D eigenvalue weighted by atomic mass is 35.5. The molecule has 0 unspecified atom stereocenters. The van der Waals surface area contributed by atoms with Gasteiger partial charge >= 0.3 is 0 Å². The predicted octanol–water partition coefficient (Wildman–Crippen LogP) is 5.25. The van der Waals surface area contributed by atoms with Crippen molar-refractivity contribution < 1.29 is 9.18 Å². The SMILES string of the molecule is O=C(CN1CCCC[C@@H]1c1nc2ccccc2s1)Nc1ccc(Cl)cc1F. The van der Waals surface area contributed by atoms with Crippen LogP contribution in [0.3, 0.4) is 0 Å². The lowest BCUT2D eigenvalue weighted by atomic mass is 10.0. The lowest BCUT2D eigenvalue weighted by Gasteiger charge is -2.33. The number of hydrogen-bond donors (Lipinski definition) is 1. The molecule has 1 fully saturated rings. The minimum atomic E-state index is -0.530. The van der Waals surface area contributed by atoms with E-state index in [0.717, 1.165) is 41.0 Å². The van der Waals surface area contributed by atoms with Crippen molar-refractivity contribution >= 4 is 44.7 Å². The summed E-state index contributed by atoms with van der Waals surface area (Å²) in [5, 5.41) is 4.00. The quantitative estimate of drug-likeness (QED) is 0.646. The van der Waals surface area contributed by atoms with Crippen molar-refractivity contribution in [2.75, 3.05) is 18.4 Å². The number of halogens is 2. The Morgan fingerprint density at radius 1 is 1.30 bits per heavy atom. The van der Waals surface area contributed by atoms with Crippen LogP contribution >= 0.6 is 22.9 Å². The van der Waals surface area contributed by atoms with Gasteiger partial charge in [-0.05, 0) is 49.7 Å². The largest absolute Gasteiger partial charge is 0.322 e. The Bertz CT molecular complexity index is 944. The van der Waals surface area contributed by atoms with Crippen LogP contribution in [0.25, 0.3) is 10.2 Å². The highest BCUT2D eigenvalue weighted by Crippen LogP contribution is 2.35. The van der Waals surface area contributed by atoms with Crippen LogP contribution in [0, 0.1) is 5.82 Å². The van der Waals surface area contributed by atoms with Gasteiger partial charge < -0.3 is 5.32 Å². The molecule has 1 atom stereocenters. The Morgan fingerprint density at radius 2 is 2.15 bits per heavy atom. The van der Waals surface area contributed by atoms with Crippen molar-refractivity contribution in [3.63, 3.8) is 0 Å². The Morgan fingerprint density at radius 3 is 2.96 bits per heavy atom. The van der Waals surface area contributed by atoms with Gasteiger partial charge in [-0.3, -0.25) is 9.69 Å². The first-order valence-electron chi connectivity index (χ1n) is 8.94. The van der Waals surface area contributed by atoms with E-state index in [1.165, 1.54) is 12.1 Å². The average Bonchev–Trinajstić information content (AvgIpc) is 3.08. The van der Waals surface area contributed by atoms with Crippen molar-refractivity contribution in [1.29, 1.82) is 0 Å². The first kappa shape index (κ1) is 18.3. The van der Waals surface area contributed by atoms with Gasteiger partial charge in [0, 0.05) is 5.02 Å². The zero-order valence-corrected chi connectivity index (χ0v) is 16.2. The predicted molar refractivity (Wildman–Crippen MR) is 108 cm³/mol. The molecule has 0 aliphatic carbocycles. The Balaban J connectivity index is 1.49. The summed E-state index contributed by atoms with van der Waals surface area (Å²) < 4.78 is 15.1. The van der Waals surface area contributed by atoms with Crippen LogP contribution in [0.1, 0.15) is 30.3 Å². The molecule has 7 heteroatoms. The summed E-state index contributed by atoms with van der Waals surface area (Å²) in [6.45, 7) is 1.04. The van der Waals surface area contributed by atoms with Crippen LogP contribution in [-0.4, -0.2) is 28.9 Å². The number of rotatable bonds is 4.